The summed E-state index contributed by atoms with van der Waals surface area (Å²) in [4.78, 5) is 2.39. The second-order valence-corrected chi connectivity index (χ2v) is 6.15. The largest absolute Gasteiger partial charge is 0.399 e. The first-order valence-corrected chi connectivity index (χ1v) is 6.27. The van der Waals surface area contributed by atoms with Crippen LogP contribution >= 0.6 is 0 Å². The van der Waals surface area contributed by atoms with Crippen molar-refractivity contribution in [1.29, 1.82) is 0 Å². The van der Waals surface area contributed by atoms with Gasteiger partial charge in [-0.25, -0.2) is 0 Å². The van der Waals surface area contributed by atoms with E-state index in [9.17, 15) is 0 Å². The molecule has 0 spiro atoms. The lowest BCUT2D eigenvalue weighted by Crippen LogP contribution is -2.38. The van der Waals surface area contributed by atoms with Crippen molar-refractivity contribution in [1.82, 2.24) is 4.90 Å². The summed E-state index contributed by atoms with van der Waals surface area (Å²) in [6.07, 6.45) is 0. The van der Waals surface area contributed by atoms with Gasteiger partial charge in [-0.15, -0.1) is 0 Å². The Balaban J connectivity index is 2.74. The van der Waals surface area contributed by atoms with Crippen LogP contribution in [-0.2, 0) is 6.54 Å². The molecule has 2 N–H and O–H groups in total. The molecule has 17 heavy (non-hydrogen) atoms. The van der Waals surface area contributed by atoms with Gasteiger partial charge in [0.1, 0.15) is 0 Å². The van der Waals surface area contributed by atoms with Crippen LogP contribution in [0.1, 0.15) is 38.8 Å². The number of nitrogens with two attached hydrogens (primary N) is 1. The molecule has 0 radical (unpaired) electrons. The first kappa shape index (κ1) is 14.0. The Hall–Kier alpha value is -1.02. The van der Waals surface area contributed by atoms with Crippen LogP contribution in [0.15, 0.2) is 18.2 Å². The smallest absolute Gasteiger partial charge is 0.0343 e. The Labute approximate surface area is 106 Å². The van der Waals surface area contributed by atoms with Gasteiger partial charge in [-0.1, -0.05) is 32.9 Å². The van der Waals surface area contributed by atoms with Crippen molar-refractivity contribution in [2.75, 3.05) is 12.8 Å². The molecule has 1 unspecified atom stereocenters. The predicted octanol–water partition coefficient (Wildman–Crippen LogP) is 3.44. The summed E-state index contributed by atoms with van der Waals surface area (Å²) in [6, 6.07) is 6.84. The highest BCUT2D eigenvalue weighted by Gasteiger charge is 2.23. The van der Waals surface area contributed by atoms with Crippen molar-refractivity contribution in [2.24, 2.45) is 5.41 Å². The van der Waals surface area contributed by atoms with Gasteiger partial charge in [0.15, 0.2) is 0 Å². The molecule has 1 aromatic carbocycles. The standard InChI is InChI=1S/C15H26N2/c1-11-9-13(7-8-14(11)16)10-17(6)12(2)15(3,4)5/h7-9,12H,10,16H2,1-6H3. The quantitative estimate of drug-likeness (QED) is 0.812. The second kappa shape index (κ2) is 5.09. The Morgan fingerprint density at radius 3 is 2.35 bits per heavy atom. The van der Waals surface area contributed by atoms with E-state index >= 15 is 0 Å². The van der Waals surface area contributed by atoms with Gasteiger partial charge >= 0.3 is 0 Å². The molecule has 1 rings (SSSR count). The van der Waals surface area contributed by atoms with Gasteiger partial charge in [0, 0.05) is 18.3 Å². The van der Waals surface area contributed by atoms with E-state index in [0.717, 1.165) is 12.2 Å². The molecule has 2 nitrogen and oxygen atoms in total. The zero-order chi connectivity index (χ0) is 13.2. The minimum absolute atomic E-state index is 0.303. The predicted molar refractivity (Wildman–Crippen MR) is 76.0 cm³/mol. The molecule has 0 amide bonds. The number of nitrogen functional groups attached to an aromatic ring is 1. The Bertz CT molecular complexity index is 377. The van der Waals surface area contributed by atoms with Crippen LogP contribution in [0.4, 0.5) is 5.69 Å². The molecule has 0 bridgehead atoms. The normalized spacial score (nSPS) is 14.1. The summed E-state index contributed by atoms with van der Waals surface area (Å²) in [5, 5.41) is 0. The van der Waals surface area contributed by atoms with Crippen LogP contribution in [0.25, 0.3) is 0 Å². The van der Waals surface area contributed by atoms with E-state index in [-0.39, 0.29) is 0 Å². The number of nitrogens with zero attached hydrogens (tertiary/aromatic N) is 1. The van der Waals surface area contributed by atoms with E-state index in [2.05, 4.69) is 58.7 Å². The summed E-state index contributed by atoms with van der Waals surface area (Å²) in [5.41, 5.74) is 9.51. The molecular weight excluding hydrogens is 208 g/mol. The maximum atomic E-state index is 5.83. The highest BCUT2D eigenvalue weighted by Crippen LogP contribution is 2.24. The summed E-state index contributed by atoms with van der Waals surface area (Å²) >= 11 is 0. The molecule has 0 aliphatic carbocycles. The summed E-state index contributed by atoms with van der Waals surface area (Å²) in [7, 11) is 2.18. The maximum Gasteiger partial charge on any atom is 0.0343 e. The summed E-state index contributed by atoms with van der Waals surface area (Å²) in [6.45, 7) is 12.2. The third-order valence-corrected chi connectivity index (χ3v) is 3.68. The Kier molecular flexibility index (Phi) is 4.21. The lowest BCUT2D eigenvalue weighted by Gasteiger charge is -2.35. The lowest BCUT2D eigenvalue weighted by molar-refractivity contribution is 0.134. The third kappa shape index (κ3) is 3.74. The number of aryl methyl sites for hydroxylation is 1. The average Bonchev–Trinajstić information content (AvgIpc) is 2.21. The molecule has 96 valence electrons. The molecular formula is C15H26N2. The SMILES string of the molecule is Cc1cc(CN(C)C(C)C(C)(C)C)ccc1N. The van der Waals surface area contributed by atoms with Crippen molar-refractivity contribution >= 4 is 5.69 Å². The molecule has 2 heteroatoms. The van der Waals surface area contributed by atoms with E-state index in [1.165, 1.54) is 11.1 Å². The maximum absolute atomic E-state index is 5.83. The fourth-order valence-corrected chi connectivity index (χ4v) is 1.92. The van der Waals surface area contributed by atoms with Crippen LogP contribution < -0.4 is 5.73 Å². The van der Waals surface area contributed by atoms with E-state index in [4.69, 9.17) is 5.73 Å². The van der Waals surface area contributed by atoms with Crippen LogP contribution in [-0.4, -0.2) is 18.0 Å². The number of hydrogen-bond donors (Lipinski definition) is 1. The summed E-state index contributed by atoms with van der Waals surface area (Å²) < 4.78 is 0. The first-order chi connectivity index (χ1) is 7.71. The lowest BCUT2D eigenvalue weighted by atomic mass is 9.87. The van der Waals surface area contributed by atoms with Gasteiger partial charge in [-0.3, -0.25) is 4.90 Å². The van der Waals surface area contributed by atoms with Gasteiger partial charge in [-0.05, 0) is 43.5 Å². The second-order valence-electron chi connectivity index (χ2n) is 6.15. The Morgan fingerprint density at radius 1 is 1.29 bits per heavy atom. The molecule has 0 aromatic heterocycles. The molecule has 1 atom stereocenters. The van der Waals surface area contributed by atoms with Crippen LogP contribution in [0, 0.1) is 12.3 Å². The Morgan fingerprint density at radius 2 is 1.88 bits per heavy atom. The van der Waals surface area contributed by atoms with E-state index in [1.807, 2.05) is 6.07 Å². The topological polar surface area (TPSA) is 29.3 Å². The fraction of sp³-hybridized carbons (Fsp3) is 0.600. The molecule has 0 saturated carbocycles. The molecule has 0 saturated heterocycles. The van der Waals surface area contributed by atoms with Crippen molar-refractivity contribution in [3.05, 3.63) is 29.3 Å². The fourth-order valence-electron chi connectivity index (χ4n) is 1.92. The monoisotopic (exact) mass is 234 g/mol. The van der Waals surface area contributed by atoms with Crippen molar-refractivity contribution in [2.45, 2.75) is 47.2 Å². The average molecular weight is 234 g/mol. The van der Waals surface area contributed by atoms with Gasteiger partial charge in [-0.2, -0.15) is 0 Å². The molecule has 0 fully saturated rings. The number of anilines is 1. The van der Waals surface area contributed by atoms with Gasteiger partial charge < -0.3 is 5.73 Å². The highest BCUT2D eigenvalue weighted by molar-refractivity contribution is 5.47. The van der Waals surface area contributed by atoms with Gasteiger partial charge in [0.05, 0.1) is 0 Å². The molecule has 0 aliphatic heterocycles. The zero-order valence-electron chi connectivity index (χ0n) is 12.0. The van der Waals surface area contributed by atoms with Crippen LogP contribution in [0.5, 0.6) is 0 Å². The van der Waals surface area contributed by atoms with Gasteiger partial charge in [0.25, 0.3) is 0 Å². The molecule has 0 aliphatic rings. The van der Waals surface area contributed by atoms with Gasteiger partial charge in [0.2, 0.25) is 0 Å². The molecule has 1 aromatic rings. The van der Waals surface area contributed by atoms with Crippen LogP contribution in [0.2, 0.25) is 0 Å². The third-order valence-electron chi connectivity index (χ3n) is 3.68. The molecule has 0 heterocycles. The number of hydrogen-bond acceptors (Lipinski definition) is 2. The van der Waals surface area contributed by atoms with Crippen molar-refractivity contribution in [3.63, 3.8) is 0 Å². The van der Waals surface area contributed by atoms with E-state index < -0.39 is 0 Å². The van der Waals surface area contributed by atoms with Crippen molar-refractivity contribution in [3.8, 4) is 0 Å². The van der Waals surface area contributed by atoms with E-state index in [0.29, 0.717) is 11.5 Å². The summed E-state index contributed by atoms with van der Waals surface area (Å²) in [5.74, 6) is 0. The first-order valence-electron chi connectivity index (χ1n) is 6.27. The minimum atomic E-state index is 0.303. The van der Waals surface area contributed by atoms with E-state index in [1.54, 1.807) is 0 Å². The number of benzene rings is 1. The van der Waals surface area contributed by atoms with Crippen molar-refractivity contribution < 1.29 is 0 Å². The zero-order valence-corrected chi connectivity index (χ0v) is 12.0. The highest BCUT2D eigenvalue weighted by atomic mass is 15.1. The van der Waals surface area contributed by atoms with Crippen LogP contribution in [0.3, 0.4) is 0 Å². The number of rotatable bonds is 3. The minimum Gasteiger partial charge on any atom is -0.399 e.